The molecular formula is C22H26ClN3O2. The van der Waals surface area contributed by atoms with Gasteiger partial charge in [0, 0.05) is 22.9 Å². The van der Waals surface area contributed by atoms with E-state index in [1.165, 1.54) is 6.42 Å². The number of nitrogens with zero attached hydrogens (tertiary/aromatic N) is 2. The van der Waals surface area contributed by atoms with Gasteiger partial charge in [-0.1, -0.05) is 38.3 Å². The third kappa shape index (κ3) is 3.44. The van der Waals surface area contributed by atoms with Gasteiger partial charge in [-0.3, -0.25) is 14.5 Å². The molecule has 0 radical (unpaired) electrons. The summed E-state index contributed by atoms with van der Waals surface area (Å²) in [7, 11) is 0. The van der Waals surface area contributed by atoms with Gasteiger partial charge in [0.1, 0.15) is 6.54 Å². The largest absolute Gasteiger partial charge is 0.351 e. The number of amides is 2. The lowest BCUT2D eigenvalue weighted by Crippen LogP contribution is -2.53. The van der Waals surface area contributed by atoms with Crippen molar-refractivity contribution in [2.75, 3.05) is 4.90 Å². The van der Waals surface area contributed by atoms with Crippen molar-refractivity contribution >= 4 is 29.1 Å². The van der Waals surface area contributed by atoms with Gasteiger partial charge >= 0.3 is 0 Å². The molecule has 2 heterocycles. The molecule has 148 valence electrons. The van der Waals surface area contributed by atoms with Crippen molar-refractivity contribution in [1.82, 2.24) is 9.88 Å². The molecule has 0 unspecified atom stereocenters. The van der Waals surface area contributed by atoms with Crippen molar-refractivity contribution in [3.05, 3.63) is 53.3 Å². The van der Waals surface area contributed by atoms with Crippen LogP contribution in [-0.2, 0) is 16.1 Å². The van der Waals surface area contributed by atoms with Crippen LogP contribution < -0.4 is 10.2 Å². The van der Waals surface area contributed by atoms with Gasteiger partial charge in [0.25, 0.3) is 0 Å². The van der Waals surface area contributed by atoms with E-state index in [2.05, 4.69) is 19.2 Å². The van der Waals surface area contributed by atoms with E-state index in [-0.39, 0.29) is 24.4 Å². The van der Waals surface area contributed by atoms with E-state index in [1.807, 2.05) is 22.9 Å². The molecule has 5 nitrogen and oxygen atoms in total. The SMILES string of the molecule is C[C@H]1[C@H](C)CCC[C@@H]1NC(=O)[C@@H]1c2cccn2CC(=O)N1c1ccc(Cl)cc1. The van der Waals surface area contributed by atoms with E-state index in [0.717, 1.165) is 18.5 Å². The van der Waals surface area contributed by atoms with Crippen molar-refractivity contribution in [2.24, 2.45) is 11.8 Å². The second kappa shape index (κ2) is 7.63. The van der Waals surface area contributed by atoms with Gasteiger partial charge < -0.3 is 9.88 Å². The number of carbonyl (C=O) groups excluding carboxylic acids is 2. The number of fused-ring (bicyclic) bond motifs is 1. The maximum atomic E-state index is 13.4. The van der Waals surface area contributed by atoms with Gasteiger partial charge in [-0.05, 0) is 54.7 Å². The fourth-order valence-electron chi connectivity index (χ4n) is 4.51. The van der Waals surface area contributed by atoms with Gasteiger partial charge in [0.15, 0.2) is 6.04 Å². The molecule has 1 fully saturated rings. The number of hydrogen-bond donors (Lipinski definition) is 1. The third-order valence-electron chi connectivity index (χ3n) is 6.36. The molecule has 4 rings (SSSR count). The van der Waals surface area contributed by atoms with E-state index in [0.29, 0.717) is 22.5 Å². The van der Waals surface area contributed by atoms with Gasteiger partial charge in [-0.2, -0.15) is 0 Å². The topological polar surface area (TPSA) is 54.3 Å². The first-order chi connectivity index (χ1) is 13.5. The Morgan fingerprint density at radius 1 is 1.14 bits per heavy atom. The van der Waals surface area contributed by atoms with E-state index >= 15 is 0 Å². The Morgan fingerprint density at radius 3 is 2.64 bits per heavy atom. The summed E-state index contributed by atoms with van der Waals surface area (Å²) in [4.78, 5) is 28.0. The molecule has 6 heteroatoms. The summed E-state index contributed by atoms with van der Waals surface area (Å²) in [5, 5.41) is 3.86. The molecule has 2 aliphatic rings. The number of benzene rings is 1. The highest BCUT2D eigenvalue weighted by molar-refractivity contribution is 6.30. The van der Waals surface area contributed by atoms with Gasteiger partial charge in [-0.25, -0.2) is 0 Å². The first kappa shape index (κ1) is 19.1. The molecule has 1 N–H and O–H groups in total. The minimum Gasteiger partial charge on any atom is -0.351 e. The summed E-state index contributed by atoms with van der Waals surface area (Å²) in [5.74, 6) is 0.793. The lowest BCUT2D eigenvalue weighted by atomic mass is 9.78. The molecule has 2 aromatic rings. The highest BCUT2D eigenvalue weighted by Crippen LogP contribution is 2.34. The summed E-state index contributed by atoms with van der Waals surface area (Å²) >= 11 is 6.02. The molecule has 0 spiro atoms. The average molecular weight is 400 g/mol. The first-order valence-corrected chi connectivity index (χ1v) is 10.4. The maximum absolute atomic E-state index is 13.4. The van der Waals surface area contributed by atoms with Crippen LogP contribution in [0.4, 0.5) is 5.69 Å². The monoisotopic (exact) mass is 399 g/mol. The van der Waals surface area contributed by atoms with Crippen LogP contribution in [0.15, 0.2) is 42.6 Å². The predicted octanol–water partition coefficient (Wildman–Crippen LogP) is 4.17. The van der Waals surface area contributed by atoms with Crippen molar-refractivity contribution in [3.63, 3.8) is 0 Å². The number of halogens is 1. The predicted molar refractivity (Wildman–Crippen MR) is 110 cm³/mol. The number of hydrogen-bond acceptors (Lipinski definition) is 2. The Labute approximate surface area is 170 Å². The molecule has 1 aromatic carbocycles. The highest BCUT2D eigenvalue weighted by atomic mass is 35.5. The van der Waals surface area contributed by atoms with Crippen LogP contribution in [0.3, 0.4) is 0 Å². The number of aromatic nitrogens is 1. The summed E-state index contributed by atoms with van der Waals surface area (Å²) in [6.07, 6.45) is 5.17. The van der Waals surface area contributed by atoms with E-state index in [1.54, 1.807) is 29.2 Å². The van der Waals surface area contributed by atoms with Crippen molar-refractivity contribution in [2.45, 2.75) is 51.7 Å². The maximum Gasteiger partial charge on any atom is 0.249 e. The summed E-state index contributed by atoms with van der Waals surface area (Å²) in [6, 6.07) is 10.4. The van der Waals surface area contributed by atoms with Gasteiger partial charge in [0.05, 0.1) is 5.69 Å². The van der Waals surface area contributed by atoms with E-state index in [4.69, 9.17) is 11.6 Å². The zero-order valence-electron chi connectivity index (χ0n) is 16.3. The molecule has 1 aromatic heterocycles. The molecule has 28 heavy (non-hydrogen) atoms. The van der Waals surface area contributed by atoms with Crippen molar-refractivity contribution < 1.29 is 9.59 Å². The van der Waals surface area contributed by atoms with Crippen LogP contribution >= 0.6 is 11.6 Å². The first-order valence-electron chi connectivity index (χ1n) is 9.98. The van der Waals surface area contributed by atoms with Crippen LogP contribution in [0.1, 0.15) is 44.8 Å². The summed E-state index contributed by atoms with van der Waals surface area (Å²) < 4.78 is 1.87. The fourth-order valence-corrected chi connectivity index (χ4v) is 4.64. The molecule has 0 bridgehead atoms. The van der Waals surface area contributed by atoms with E-state index < -0.39 is 6.04 Å². The number of rotatable bonds is 3. The Morgan fingerprint density at radius 2 is 1.89 bits per heavy atom. The van der Waals surface area contributed by atoms with Crippen LogP contribution in [-0.4, -0.2) is 22.4 Å². The number of carbonyl (C=O) groups is 2. The zero-order chi connectivity index (χ0) is 19.8. The Kier molecular flexibility index (Phi) is 5.19. The third-order valence-corrected chi connectivity index (χ3v) is 6.62. The highest BCUT2D eigenvalue weighted by Gasteiger charge is 2.40. The van der Waals surface area contributed by atoms with E-state index in [9.17, 15) is 9.59 Å². The van der Waals surface area contributed by atoms with Crippen LogP contribution in [0, 0.1) is 11.8 Å². The quantitative estimate of drug-likeness (QED) is 0.842. The molecule has 1 aliphatic carbocycles. The minimum atomic E-state index is -0.679. The zero-order valence-corrected chi connectivity index (χ0v) is 17.0. The molecular weight excluding hydrogens is 374 g/mol. The molecule has 4 atom stereocenters. The second-order valence-corrected chi connectivity index (χ2v) is 8.52. The van der Waals surface area contributed by atoms with Gasteiger partial charge in [-0.15, -0.1) is 0 Å². The smallest absolute Gasteiger partial charge is 0.249 e. The lowest BCUT2D eigenvalue weighted by molar-refractivity contribution is -0.129. The Hall–Kier alpha value is -2.27. The fraction of sp³-hybridized carbons (Fsp3) is 0.455. The van der Waals surface area contributed by atoms with Crippen molar-refractivity contribution in [3.8, 4) is 0 Å². The van der Waals surface area contributed by atoms with Crippen LogP contribution in [0.5, 0.6) is 0 Å². The number of nitrogens with one attached hydrogen (secondary N) is 1. The van der Waals surface area contributed by atoms with Crippen LogP contribution in [0.2, 0.25) is 5.02 Å². The summed E-state index contributed by atoms with van der Waals surface area (Å²) in [6.45, 7) is 4.68. The normalized spacial score (nSPS) is 27.4. The van der Waals surface area contributed by atoms with Gasteiger partial charge in [0.2, 0.25) is 11.8 Å². The Balaban J connectivity index is 1.67. The summed E-state index contributed by atoms with van der Waals surface area (Å²) in [5.41, 5.74) is 1.52. The van der Waals surface area contributed by atoms with Crippen molar-refractivity contribution in [1.29, 1.82) is 0 Å². The second-order valence-electron chi connectivity index (χ2n) is 8.09. The molecule has 0 saturated heterocycles. The Bertz CT molecular complexity index is 876. The molecule has 1 saturated carbocycles. The standard InChI is InChI=1S/C22H26ClN3O2/c1-14-5-3-6-18(15(14)2)24-22(28)21-19-7-4-12-25(19)13-20(27)26(21)17-10-8-16(23)9-11-17/h4,7-12,14-15,18,21H,3,5-6,13H2,1-2H3,(H,24,28)/t14-,15+,18+,21+/m1/s1. The minimum absolute atomic E-state index is 0.101. The number of anilines is 1. The molecule has 1 aliphatic heterocycles. The van der Waals surface area contributed by atoms with Crippen LogP contribution in [0.25, 0.3) is 0 Å². The average Bonchev–Trinajstić information content (AvgIpc) is 3.13. The molecule has 2 amide bonds. The lowest BCUT2D eigenvalue weighted by Gasteiger charge is -2.39.